The highest BCUT2D eigenvalue weighted by molar-refractivity contribution is 7.92. The molecule has 32 heavy (non-hydrogen) atoms. The number of rotatable bonds is 9. The van der Waals surface area contributed by atoms with Gasteiger partial charge in [-0.05, 0) is 43.7 Å². The van der Waals surface area contributed by atoms with Crippen molar-refractivity contribution >= 4 is 27.5 Å². The highest BCUT2D eigenvalue weighted by atomic mass is 32.2. The van der Waals surface area contributed by atoms with Crippen molar-refractivity contribution in [3.05, 3.63) is 65.5 Å². The van der Waals surface area contributed by atoms with Crippen LogP contribution < -0.4 is 9.62 Å². The normalized spacial score (nSPS) is 12.2. The van der Waals surface area contributed by atoms with Gasteiger partial charge in [-0.25, -0.2) is 21.6 Å². The van der Waals surface area contributed by atoms with E-state index in [0.717, 1.165) is 23.3 Å². The molecule has 0 aliphatic heterocycles. The van der Waals surface area contributed by atoms with E-state index >= 15 is 0 Å². The molecule has 0 aliphatic rings. The maximum absolute atomic E-state index is 13.7. The Kier molecular flexibility index (Phi) is 8.25. The van der Waals surface area contributed by atoms with Gasteiger partial charge in [0.1, 0.15) is 18.4 Å². The first-order valence-electron chi connectivity index (χ1n) is 9.68. The van der Waals surface area contributed by atoms with E-state index in [2.05, 4.69) is 5.32 Å². The van der Waals surface area contributed by atoms with E-state index < -0.39 is 51.9 Å². The summed E-state index contributed by atoms with van der Waals surface area (Å²) in [6.07, 6.45) is 0.819. The summed E-state index contributed by atoms with van der Waals surface area (Å²) in [6, 6.07) is 6.72. The summed E-state index contributed by atoms with van der Waals surface area (Å²) in [5.74, 6) is -4.16. The molecule has 7 nitrogen and oxygen atoms in total. The zero-order valence-electron chi connectivity index (χ0n) is 17.8. The van der Waals surface area contributed by atoms with Crippen LogP contribution in [0.25, 0.3) is 0 Å². The molecule has 0 radical (unpaired) electrons. The number of amides is 2. The zero-order valence-corrected chi connectivity index (χ0v) is 18.6. The molecule has 2 rings (SSSR count). The monoisotopic (exact) mass is 471 g/mol. The fourth-order valence-electron chi connectivity index (χ4n) is 2.94. The van der Waals surface area contributed by atoms with Gasteiger partial charge in [-0.3, -0.25) is 13.9 Å². The first-order chi connectivity index (χ1) is 14.9. The average molecular weight is 472 g/mol. The highest BCUT2D eigenvalue weighted by Crippen LogP contribution is 2.21. The van der Waals surface area contributed by atoms with Crippen LogP contribution in [0, 0.1) is 17.5 Å². The number of carbonyl (C=O) groups is 2. The van der Waals surface area contributed by atoms with E-state index in [9.17, 15) is 31.2 Å². The van der Waals surface area contributed by atoms with Crippen molar-refractivity contribution in [2.24, 2.45) is 0 Å². The molecule has 0 unspecified atom stereocenters. The lowest BCUT2D eigenvalue weighted by Gasteiger charge is -2.31. The zero-order chi connectivity index (χ0) is 24.1. The Hall–Kier alpha value is -3.08. The number of anilines is 1. The summed E-state index contributed by atoms with van der Waals surface area (Å²) in [6.45, 7) is 2.62. The SMILES string of the molecule is CCNC(=O)[C@H](C)N(Cc1ccc(F)cc1)C(=O)CN(c1ccc(F)c(F)c1)S(C)(=O)=O. The number of nitrogens with zero attached hydrogens (tertiary/aromatic N) is 2. The van der Waals surface area contributed by atoms with E-state index in [1.165, 1.54) is 31.2 Å². The summed E-state index contributed by atoms with van der Waals surface area (Å²) in [5.41, 5.74) is 0.266. The van der Waals surface area contributed by atoms with Crippen LogP contribution in [0.3, 0.4) is 0 Å². The first kappa shape index (κ1) is 25.2. The lowest BCUT2D eigenvalue weighted by Crippen LogP contribution is -2.51. The van der Waals surface area contributed by atoms with Gasteiger partial charge in [-0.15, -0.1) is 0 Å². The van der Waals surface area contributed by atoms with Crippen LogP contribution in [0.5, 0.6) is 0 Å². The second kappa shape index (κ2) is 10.5. The molecular formula is C21H24F3N3O4S. The smallest absolute Gasteiger partial charge is 0.244 e. The molecule has 0 fully saturated rings. The van der Waals surface area contributed by atoms with Crippen molar-refractivity contribution in [2.75, 3.05) is 23.7 Å². The van der Waals surface area contributed by atoms with Crippen molar-refractivity contribution in [3.63, 3.8) is 0 Å². The van der Waals surface area contributed by atoms with Crippen LogP contribution >= 0.6 is 0 Å². The molecular weight excluding hydrogens is 447 g/mol. The van der Waals surface area contributed by atoms with Crippen LogP contribution in [0.15, 0.2) is 42.5 Å². The topological polar surface area (TPSA) is 86.8 Å². The standard InChI is InChI=1S/C21H24F3N3O4S/c1-4-25-21(29)14(2)26(12-15-5-7-16(22)8-6-15)20(28)13-27(32(3,30)31)17-9-10-18(23)19(24)11-17/h5-11,14H,4,12-13H2,1-3H3,(H,25,29)/t14-/m0/s1. The van der Waals surface area contributed by atoms with E-state index in [-0.39, 0.29) is 12.2 Å². The van der Waals surface area contributed by atoms with Gasteiger partial charge in [0.15, 0.2) is 11.6 Å². The third kappa shape index (κ3) is 6.46. The van der Waals surface area contributed by atoms with E-state index in [4.69, 9.17) is 0 Å². The lowest BCUT2D eigenvalue weighted by atomic mass is 10.1. The number of carbonyl (C=O) groups excluding carboxylic acids is 2. The van der Waals surface area contributed by atoms with E-state index in [1.54, 1.807) is 6.92 Å². The lowest BCUT2D eigenvalue weighted by molar-refractivity contribution is -0.139. The van der Waals surface area contributed by atoms with Gasteiger partial charge >= 0.3 is 0 Å². The molecule has 0 bridgehead atoms. The first-order valence-corrected chi connectivity index (χ1v) is 11.5. The highest BCUT2D eigenvalue weighted by Gasteiger charge is 2.30. The average Bonchev–Trinajstić information content (AvgIpc) is 2.72. The van der Waals surface area contributed by atoms with Gasteiger partial charge in [-0.2, -0.15) is 0 Å². The summed E-state index contributed by atoms with van der Waals surface area (Å²) in [5, 5.41) is 2.59. The molecule has 0 aromatic heterocycles. The van der Waals surface area contributed by atoms with Crippen molar-refractivity contribution in [3.8, 4) is 0 Å². The predicted molar refractivity (Wildman–Crippen MR) is 114 cm³/mol. The molecule has 11 heteroatoms. The second-order valence-electron chi connectivity index (χ2n) is 7.09. The second-order valence-corrected chi connectivity index (χ2v) is 8.99. The van der Waals surface area contributed by atoms with Gasteiger partial charge < -0.3 is 10.2 Å². The van der Waals surface area contributed by atoms with Gasteiger partial charge in [0, 0.05) is 19.2 Å². The number of sulfonamides is 1. The number of likely N-dealkylation sites (N-methyl/N-ethyl adjacent to an activating group) is 1. The molecule has 2 aromatic rings. The minimum absolute atomic E-state index is 0.104. The maximum atomic E-state index is 13.7. The Labute approximate surface area is 184 Å². The third-order valence-electron chi connectivity index (χ3n) is 4.65. The molecule has 0 saturated heterocycles. The van der Waals surface area contributed by atoms with E-state index in [1.807, 2.05) is 0 Å². The van der Waals surface area contributed by atoms with Crippen LogP contribution in [0.1, 0.15) is 19.4 Å². The third-order valence-corrected chi connectivity index (χ3v) is 5.80. The van der Waals surface area contributed by atoms with Gasteiger partial charge in [0.25, 0.3) is 0 Å². The summed E-state index contributed by atoms with van der Waals surface area (Å²) >= 11 is 0. The largest absolute Gasteiger partial charge is 0.355 e. The number of hydrogen-bond acceptors (Lipinski definition) is 4. The fourth-order valence-corrected chi connectivity index (χ4v) is 3.79. The Bertz CT molecular complexity index is 1080. The molecule has 0 aliphatic carbocycles. The molecule has 0 saturated carbocycles. The number of nitrogens with one attached hydrogen (secondary N) is 1. The van der Waals surface area contributed by atoms with Crippen molar-refractivity contribution in [1.82, 2.24) is 10.2 Å². The fraction of sp³-hybridized carbons (Fsp3) is 0.333. The Balaban J connectivity index is 2.39. The Morgan fingerprint density at radius 2 is 1.66 bits per heavy atom. The number of halogens is 3. The summed E-state index contributed by atoms with van der Waals surface area (Å²) in [7, 11) is -4.06. The molecule has 0 heterocycles. The van der Waals surface area contributed by atoms with Gasteiger partial charge in [0.2, 0.25) is 21.8 Å². The predicted octanol–water partition coefficient (Wildman–Crippen LogP) is 2.42. The van der Waals surface area contributed by atoms with Crippen molar-refractivity contribution < 1.29 is 31.2 Å². The summed E-state index contributed by atoms with van der Waals surface area (Å²) < 4.78 is 65.5. The van der Waals surface area contributed by atoms with Crippen LogP contribution in [-0.4, -0.2) is 50.5 Å². The van der Waals surface area contributed by atoms with Crippen molar-refractivity contribution in [2.45, 2.75) is 26.4 Å². The Morgan fingerprint density at radius 3 is 2.19 bits per heavy atom. The van der Waals surface area contributed by atoms with Gasteiger partial charge in [0.05, 0.1) is 11.9 Å². The van der Waals surface area contributed by atoms with E-state index in [0.29, 0.717) is 22.5 Å². The maximum Gasteiger partial charge on any atom is 0.244 e. The number of benzene rings is 2. The molecule has 2 aromatic carbocycles. The van der Waals surface area contributed by atoms with Crippen molar-refractivity contribution in [1.29, 1.82) is 0 Å². The Morgan fingerprint density at radius 1 is 1.03 bits per heavy atom. The minimum atomic E-state index is -4.06. The molecule has 2 amide bonds. The van der Waals surface area contributed by atoms with Crippen LogP contribution in [-0.2, 0) is 26.2 Å². The van der Waals surface area contributed by atoms with Crippen LogP contribution in [0.4, 0.5) is 18.9 Å². The molecule has 0 spiro atoms. The molecule has 1 N–H and O–H groups in total. The van der Waals surface area contributed by atoms with Gasteiger partial charge in [-0.1, -0.05) is 12.1 Å². The molecule has 174 valence electrons. The quantitative estimate of drug-likeness (QED) is 0.609. The number of hydrogen-bond donors (Lipinski definition) is 1. The molecule has 1 atom stereocenters. The van der Waals surface area contributed by atoms with Crippen LogP contribution in [0.2, 0.25) is 0 Å². The minimum Gasteiger partial charge on any atom is -0.355 e. The summed E-state index contributed by atoms with van der Waals surface area (Å²) in [4.78, 5) is 26.7.